The summed E-state index contributed by atoms with van der Waals surface area (Å²) in [5.74, 6) is 0.557. The molecule has 0 aliphatic heterocycles. The highest BCUT2D eigenvalue weighted by Crippen LogP contribution is 2.12. The minimum absolute atomic E-state index is 0.235. The van der Waals surface area contributed by atoms with Gasteiger partial charge in [0.2, 0.25) is 5.78 Å². The van der Waals surface area contributed by atoms with Gasteiger partial charge >= 0.3 is 5.69 Å². The van der Waals surface area contributed by atoms with E-state index in [0.717, 1.165) is 11.3 Å². The Morgan fingerprint density at radius 3 is 2.65 bits per heavy atom. The lowest BCUT2D eigenvalue weighted by atomic mass is 10.2. The van der Waals surface area contributed by atoms with E-state index in [1.54, 1.807) is 11.4 Å². The van der Waals surface area contributed by atoms with E-state index in [4.69, 9.17) is 0 Å². The maximum atomic E-state index is 12.9. The number of fused-ring (bicyclic) bond motifs is 3. The molecule has 0 fully saturated rings. The van der Waals surface area contributed by atoms with E-state index < -0.39 is 0 Å². The van der Waals surface area contributed by atoms with Gasteiger partial charge in [0, 0.05) is 18.9 Å². The number of aromatic amines is 1. The third kappa shape index (κ3) is 1.93. The second-order valence-corrected chi connectivity index (χ2v) is 5.63. The van der Waals surface area contributed by atoms with Crippen LogP contribution in [0.2, 0.25) is 0 Å². The normalized spacial score (nSPS) is 11.6. The van der Waals surface area contributed by atoms with E-state index in [1.165, 1.54) is 9.13 Å². The molecule has 0 atom stereocenters. The first-order chi connectivity index (χ1) is 11.1. The van der Waals surface area contributed by atoms with Gasteiger partial charge in [-0.05, 0) is 12.5 Å². The van der Waals surface area contributed by atoms with Gasteiger partial charge in [-0.15, -0.1) is 0 Å². The van der Waals surface area contributed by atoms with Crippen LogP contribution in [0.3, 0.4) is 0 Å². The molecule has 7 nitrogen and oxygen atoms in total. The van der Waals surface area contributed by atoms with E-state index in [1.807, 2.05) is 43.5 Å². The maximum Gasteiger partial charge on any atom is 0.332 e. The minimum Gasteiger partial charge on any atom is -0.328 e. The Morgan fingerprint density at radius 2 is 1.91 bits per heavy atom. The topological polar surface area (TPSA) is 77.1 Å². The summed E-state index contributed by atoms with van der Waals surface area (Å²) in [5, 5.41) is 0. The van der Waals surface area contributed by atoms with Crippen LogP contribution in [-0.4, -0.2) is 23.5 Å². The summed E-state index contributed by atoms with van der Waals surface area (Å²) in [6.45, 7) is 2.13. The van der Waals surface area contributed by atoms with Crippen molar-refractivity contribution in [3.63, 3.8) is 0 Å². The molecule has 4 aromatic rings. The van der Waals surface area contributed by atoms with Crippen molar-refractivity contribution in [1.29, 1.82) is 0 Å². The number of aromatic nitrogens is 5. The molecule has 0 bridgehead atoms. The minimum atomic E-state index is -0.371. The molecule has 23 heavy (non-hydrogen) atoms. The lowest BCUT2D eigenvalue weighted by Crippen LogP contribution is -2.39. The van der Waals surface area contributed by atoms with E-state index in [0.29, 0.717) is 16.9 Å². The van der Waals surface area contributed by atoms with Gasteiger partial charge in [-0.2, -0.15) is 4.98 Å². The molecule has 0 spiro atoms. The third-order valence-electron chi connectivity index (χ3n) is 3.99. The Labute approximate surface area is 130 Å². The second kappa shape index (κ2) is 4.70. The predicted octanol–water partition coefficient (Wildman–Crippen LogP) is 1.03. The molecule has 0 radical (unpaired) electrons. The Balaban J connectivity index is 2.06. The van der Waals surface area contributed by atoms with Crippen molar-refractivity contribution < 1.29 is 0 Å². The van der Waals surface area contributed by atoms with Crippen molar-refractivity contribution in [2.75, 3.05) is 0 Å². The number of rotatable bonds is 2. The smallest absolute Gasteiger partial charge is 0.328 e. The Kier molecular flexibility index (Phi) is 2.77. The zero-order chi connectivity index (χ0) is 16.1. The standard InChI is InChI=1S/C16H15N5O2/c1-10-8-20-12-13(18-15(20)17-10)19(2)16(23)21(14(12)22)9-11-6-4-3-5-7-11/h3-8H,9H2,1-2H3,(H,17,18). The average molecular weight is 309 g/mol. The second-order valence-electron chi connectivity index (χ2n) is 5.63. The highest BCUT2D eigenvalue weighted by atomic mass is 16.2. The SMILES string of the molecule is Cc1cn2c(nc3c2c(=O)n(Cc2ccccc2)c(=O)n3C)[nH]1. The molecule has 3 aromatic heterocycles. The molecule has 0 aliphatic carbocycles. The molecule has 7 heteroatoms. The molecule has 0 unspecified atom stereocenters. The summed E-state index contributed by atoms with van der Waals surface area (Å²) in [6.07, 6.45) is 1.81. The highest BCUT2D eigenvalue weighted by molar-refractivity contribution is 5.75. The Bertz CT molecular complexity index is 1140. The van der Waals surface area contributed by atoms with Gasteiger partial charge in [0.1, 0.15) is 0 Å². The van der Waals surface area contributed by atoms with E-state index >= 15 is 0 Å². The predicted molar refractivity (Wildman–Crippen MR) is 86.8 cm³/mol. The molecular formula is C16H15N5O2. The first-order valence-corrected chi connectivity index (χ1v) is 7.27. The van der Waals surface area contributed by atoms with Crippen LogP contribution < -0.4 is 11.2 Å². The van der Waals surface area contributed by atoms with Gasteiger partial charge in [0.15, 0.2) is 11.2 Å². The fraction of sp³-hybridized carbons (Fsp3) is 0.188. The van der Waals surface area contributed by atoms with Crippen molar-refractivity contribution in [3.8, 4) is 0 Å². The first kappa shape index (κ1) is 13.6. The first-order valence-electron chi connectivity index (χ1n) is 7.27. The van der Waals surface area contributed by atoms with Crippen LogP contribution in [0, 0.1) is 6.92 Å². The molecule has 0 amide bonds. The van der Waals surface area contributed by atoms with Crippen molar-refractivity contribution in [2.45, 2.75) is 13.5 Å². The number of imidazole rings is 2. The summed E-state index contributed by atoms with van der Waals surface area (Å²) in [6, 6.07) is 9.45. The van der Waals surface area contributed by atoms with E-state index in [2.05, 4.69) is 9.97 Å². The van der Waals surface area contributed by atoms with Gasteiger partial charge < -0.3 is 4.98 Å². The lowest BCUT2D eigenvalue weighted by Gasteiger charge is -2.08. The van der Waals surface area contributed by atoms with Gasteiger partial charge in [0.25, 0.3) is 5.56 Å². The van der Waals surface area contributed by atoms with Gasteiger partial charge in [0.05, 0.1) is 6.54 Å². The zero-order valence-electron chi connectivity index (χ0n) is 12.8. The Hall–Kier alpha value is -3.09. The molecule has 116 valence electrons. The fourth-order valence-electron chi connectivity index (χ4n) is 2.86. The number of benzene rings is 1. The molecule has 0 saturated heterocycles. The van der Waals surface area contributed by atoms with Crippen LogP contribution in [0.25, 0.3) is 16.9 Å². The number of hydrogen-bond donors (Lipinski definition) is 1. The molecule has 0 saturated carbocycles. The highest BCUT2D eigenvalue weighted by Gasteiger charge is 2.17. The van der Waals surface area contributed by atoms with Crippen LogP contribution in [0.4, 0.5) is 0 Å². The van der Waals surface area contributed by atoms with Crippen LogP contribution in [0.1, 0.15) is 11.3 Å². The largest absolute Gasteiger partial charge is 0.332 e. The van der Waals surface area contributed by atoms with Crippen molar-refractivity contribution in [3.05, 3.63) is 68.6 Å². The lowest BCUT2D eigenvalue weighted by molar-refractivity contribution is 0.656. The fourth-order valence-corrected chi connectivity index (χ4v) is 2.86. The van der Waals surface area contributed by atoms with Crippen LogP contribution in [0.5, 0.6) is 0 Å². The van der Waals surface area contributed by atoms with E-state index in [9.17, 15) is 9.59 Å². The summed E-state index contributed by atoms with van der Waals surface area (Å²) in [4.78, 5) is 32.8. The molecule has 0 aliphatic rings. The summed E-state index contributed by atoms with van der Waals surface area (Å²) in [5.41, 5.74) is 1.88. The summed E-state index contributed by atoms with van der Waals surface area (Å²) >= 11 is 0. The number of hydrogen-bond acceptors (Lipinski definition) is 3. The number of aryl methyl sites for hydroxylation is 2. The van der Waals surface area contributed by atoms with Crippen molar-refractivity contribution in [2.24, 2.45) is 7.05 Å². The third-order valence-corrected chi connectivity index (χ3v) is 3.99. The van der Waals surface area contributed by atoms with Crippen molar-refractivity contribution >= 4 is 16.9 Å². The number of nitrogens with one attached hydrogen (secondary N) is 1. The monoisotopic (exact) mass is 309 g/mol. The summed E-state index contributed by atoms with van der Waals surface area (Å²) < 4.78 is 4.36. The number of H-pyrrole nitrogens is 1. The zero-order valence-corrected chi connectivity index (χ0v) is 12.8. The molecule has 4 rings (SSSR count). The Morgan fingerprint density at radius 1 is 1.17 bits per heavy atom. The van der Waals surface area contributed by atoms with E-state index in [-0.39, 0.29) is 17.8 Å². The molecule has 1 N–H and O–H groups in total. The molecular weight excluding hydrogens is 294 g/mol. The quantitative estimate of drug-likeness (QED) is 0.601. The summed E-state index contributed by atoms with van der Waals surface area (Å²) in [7, 11) is 1.63. The van der Waals surface area contributed by atoms with Gasteiger partial charge in [-0.3, -0.25) is 18.3 Å². The number of nitrogens with zero attached hydrogens (tertiary/aromatic N) is 4. The molecule has 1 aromatic carbocycles. The van der Waals surface area contributed by atoms with Crippen molar-refractivity contribution in [1.82, 2.24) is 23.5 Å². The van der Waals surface area contributed by atoms with Crippen LogP contribution in [0.15, 0.2) is 46.1 Å². The van der Waals surface area contributed by atoms with Crippen LogP contribution >= 0.6 is 0 Å². The van der Waals surface area contributed by atoms with Gasteiger partial charge in [-0.25, -0.2) is 4.79 Å². The van der Waals surface area contributed by atoms with Gasteiger partial charge in [-0.1, -0.05) is 30.3 Å². The molecule has 3 heterocycles. The van der Waals surface area contributed by atoms with Crippen LogP contribution in [-0.2, 0) is 13.6 Å². The average Bonchev–Trinajstić information content (AvgIpc) is 3.06. The maximum absolute atomic E-state index is 12.9.